The van der Waals surface area contributed by atoms with Gasteiger partial charge in [0.1, 0.15) is 5.54 Å². The highest BCUT2D eigenvalue weighted by molar-refractivity contribution is 6.07. The Kier molecular flexibility index (Phi) is 3.47. The van der Waals surface area contributed by atoms with Gasteiger partial charge in [-0.2, -0.15) is 0 Å². The number of urea groups is 1. The maximum atomic E-state index is 12.9. The molecule has 0 N–H and O–H groups in total. The molecule has 1 spiro atoms. The zero-order chi connectivity index (χ0) is 15.0. The lowest BCUT2D eigenvalue weighted by Gasteiger charge is -2.30. The Morgan fingerprint density at radius 1 is 1.10 bits per heavy atom. The summed E-state index contributed by atoms with van der Waals surface area (Å²) in [6.07, 6.45) is 3.17. The second-order valence-corrected chi connectivity index (χ2v) is 5.99. The summed E-state index contributed by atoms with van der Waals surface area (Å²) in [4.78, 5) is 28.8. The summed E-state index contributed by atoms with van der Waals surface area (Å²) >= 11 is 0. The number of imide groups is 1. The van der Waals surface area contributed by atoms with Gasteiger partial charge in [-0.25, -0.2) is 4.79 Å². The van der Waals surface area contributed by atoms with Crippen molar-refractivity contribution in [3.05, 3.63) is 35.4 Å². The highest BCUT2D eigenvalue weighted by Crippen LogP contribution is 2.40. The minimum atomic E-state index is -0.663. The lowest BCUT2D eigenvalue weighted by atomic mass is 9.93. The van der Waals surface area contributed by atoms with Crippen molar-refractivity contribution in [1.29, 1.82) is 0 Å². The average Bonchev–Trinajstić information content (AvgIpc) is 2.95. The van der Waals surface area contributed by atoms with Crippen LogP contribution >= 0.6 is 0 Å². The van der Waals surface area contributed by atoms with Crippen molar-refractivity contribution in [3.63, 3.8) is 0 Å². The van der Waals surface area contributed by atoms with Crippen LogP contribution in [0.15, 0.2) is 24.3 Å². The van der Waals surface area contributed by atoms with E-state index in [-0.39, 0.29) is 11.9 Å². The van der Waals surface area contributed by atoms with Crippen LogP contribution in [0.3, 0.4) is 0 Å². The first-order valence-electron chi connectivity index (χ1n) is 7.84. The molecule has 1 aromatic carbocycles. The topological polar surface area (TPSA) is 40.6 Å². The Bertz CT molecular complexity index is 557. The number of carbonyl (C=O) groups excluding carboxylic acids is 2. The number of hydrogen-bond donors (Lipinski definition) is 0. The van der Waals surface area contributed by atoms with Crippen LogP contribution in [-0.2, 0) is 17.6 Å². The Labute approximate surface area is 125 Å². The molecule has 0 atom stereocenters. The van der Waals surface area contributed by atoms with Gasteiger partial charge in [0, 0.05) is 25.9 Å². The summed E-state index contributed by atoms with van der Waals surface area (Å²) in [5.74, 6) is -0.000926. The van der Waals surface area contributed by atoms with Crippen molar-refractivity contribution in [2.75, 3.05) is 13.1 Å². The zero-order valence-electron chi connectivity index (χ0n) is 12.8. The molecular weight excluding hydrogens is 264 g/mol. The number of rotatable bonds is 4. The van der Waals surface area contributed by atoms with Crippen LogP contribution in [0.5, 0.6) is 0 Å². The molecule has 1 aliphatic carbocycles. The van der Waals surface area contributed by atoms with Crippen LogP contribution < -0.4 is 0 Å². The van der Waals surface area contributed by atoms with Crippen LogP contribution in [0.2, 0.25) is 0 Å². The van der Waals surface area contributed by atoms with Crippen molar-refractivity contribution in [2.45, 2.75) is 45.1 Å². The molecule has 3 amide bonds. The molecule has 4 nitrogen and oxygen atoms in total. The molecule has 1 aromatic rings. The van der Waals surface area contributed by atoms with Gasteiger partial charge in [0.25, 0.3) is 5.91 Å². The van der Waals surface area contributed by atoms with Crippen molar-refractivity contribution in [3.8, 4) is 0 Å². The molecule has 1 saturated heterocycles. The Morgan fingerprint density at radius 2 is 1.71 bits per heavy atom. The van der Waals surface area contributed by atoms with Gasteiger partial charge in [-0.1, -0.05) is 37.6 Å². The molecule has 112 valence electrons. The lowest BCUT2D eigenvalue weighted by molar-refractivity contribution is -0.133. The Morgan fingerprint density at radius 3 is 2.24 bits per heavy atom. The average molecular weight is 286 g/mol. The first kappa shape index (κ1) is 14.1. The van der Waals surface area contributed by atoms with Gasteiger partial charge in [0.05, 0.1) is 0 Å². The van der Waals surface area contributed by atoms with Gasteiger partial charge >= 0.3 is 6.03 Å². The molecule has 1 aliphatic heterocycles. The number of hydrogen-bond acceptors (Lipinski definition) is 2. The molecule has 0 unspecified atom stereocenters. The fourth-order valence-electron chi connectivity index (χ4n) is 3.67. The van der Waals surface area contributed by atoms with E-state index in [1.54, 1.807) is 4.90 Å². The fraction of sp³-hybridized carbons (Fsp3) is 0.529. The van der Waals surface area contributed by atoms with Gasteiger partial charge in [-0.05, 0) is 24.5 Å². The van der Waals surface area contributed by atoms with Gasteiger partial charge in [-0.3, -0.25) is 9.69 Å². The van der Waals surface area contributed by atoms with Crippen molar-refractivity contribution >= 4 is 11.9 Å². The number of nitrogens with zero attached hydrogens (tertiary/aromatic N) is 2. The van der Waals surface area contributed by atoms with E-state index in [4.69, 9.17) is 0 Å². The molecule has 1 heterocycles. The maximum Gasteiger partial charge on any atom is 0.327 e. The first-order valence-corrected chi connectivity index (χ1v) is 7.84. The molecule has 0 aromatic heterocycles. The Balaban J connectivity index is 1.95. The normalized spacial score (nSPS) is 19.7. The molecule has 2 aliphatic rings. The summed E-state index contributed by atoms with van der Waals surface area (Å²) in [5, 5.41) is 0. The van der Waals surface area contributed by atoms with Crippen molar-refractivity contribution in [1.82, 2.24) is 9.80 Å². The summed E-state index contributed by atoms with van der Waals surface area (Å²) in [6, 6.07) is 8.05. The minimum Gasteiger partial charge on any atom is -0.309 e. The number of fused-ring (bicyclic) bond motifs is 1. The Hall–Kier alpha value is -1.84. The van der Waals surface area contributed by atoms with Crippen LogP contribution in [0.4, 0.5) is 4.79 Å². The zero-order valence-corrected chi connectivity index (χ0v) is 12.8. The summed E-state index contributed by atoms with van der Waals surface area (Å²) in [6.45, 7) is 5.16. The number of likely N-dealkylation sites (N-methyl/N-ethyl adjacent to an activating group) is 1. The predicted molar refractivity (Wildman–Crippen MR) is 81.0 cm³/mol. The molecule has 0 bridgehead atoms. The molecule has 3 rings (SSSR count). The summed E-state index contributed by atoms with van der Waals surface area (Å²) in [5.41, 5.74) is 1.74. The molecule has 0 radical (unpaired) electrons. The van der Waals surface area contributed by atoms with Crippen LogP contribution in [0, 0.1) is 0 Å². The van der Waals surface area contributed by atoms with E-state index >= 15 is 0 Å². The molecule has 4 heteroatoms. The van der Waals surface area contributed by atoms with Gasteiger partial charge in [0.2, 0.25) is 0 Å². The van der Waals surface area contributed by atoms with Gasteiger partial charge in [-0.15, -0.1) is 0 Å². The molecule has 1 fully saturated rings. The largest absolute Gasteiger partial charge is 0.327 e. The van der Waals surface area contributed by atoms with Gasteiger partial charge in [0.15, 0.2) is 0 Å². The van der Waals surface area contributed by atoms with E-state index in [1.165, 1.54) is 16.0 Å². The third-order valence-electron chi connectivity index (χ3n) is 4.76. The van der Waals surface area contributed by atoms with E-state index in [9.17, 15) is 9.59 Å². The number of unbranched alkanes of at least 4 members (excludes halogenated alkanes) is 1. The lowest BCUT2D eigenvalue weighted by Crippen LogP contribution is -2.50. The third kappa shape index (κ3) is 1.96. The third-order valence-corrected chi connectivity index (χ3v) is 4.76. The van der Waals surface area contributed by atoms with Gasteiger partial charge < -0.3 is 4.90 Å². The van der Waals surface area contributed by atoms with Crippen LogP contribution in [0.1, 0.15) is 37.8 Å². The van der Waals surface area contributed by atoms with Crippen LogP contribution in [0.25, 0.3) is 0 Å². The molecular formula is C17H22N2O2. The standard InChI is InChI=1S/C17H22N2O2/c1-3-5-10-18-15(20)17(19(4-2)16(18)21)11-13-8-6-7-9-14(13)12-17/h6-9H,3-5,10-12H2,1-2H3. The SMILES string of the molecule is CCCCN1C(=O)N(CC)C2(Cc3ccccc3C2)C1=O. The van der Waals surface area contributed by atoms with E-state index in [0.717, 1.165) is 12.8 Å². The first-order chi connectivity index (χ1) is 10.1. The number of carbonyl (C=O) groups is 2. The highest BCUT2D eigenvalue weighted by Gasteiger charge is 2.58. The van der Waals surface area contributed by atoms with Crippen molar-refractivity contribution < 1.29 is 9.59 Å². The fourth-order valence-corrected chi connectivity index (χ4v) is 3.67. The second-order valence-electron chi connectivity index (χ2n) is 5.99. The maximum absolute atomic E-state index is 12.9. The quantitative estimate of drug-likeness (QED) is 0.798. The van der Waals surface area contributed by atoms with E-state index < -0.39 is 5.54 Å². The summed E-state index contributed by atoms with van der Waals surface area (Å²) in [7, 11) is 0. The second kappa shape index (κ2) is 5.17. The summed E-state index contributed by atoms with van der Waals surface area (Å²) < 4.78 is 0. The highest BCUT2D eigenvalue weighted by atomic mass is 16.2. The number of amides is 3. The molecule has 0 saturated carbocycles. The van der Waals surface area contributed by atoms with Crippen molar-refractivity contribution in [2.24, 2.45) is 0 Å². The predicted octanol–water partition coefficient (Wildman–Crippen LogP) is 2.61. The van der Waals surface area contributed by atoms with Crippen LogP contribution in [-0.4, -0.2) is 40.4 Å². The smallest absolute Gasteiger partial charge is 0.309 e. The number of benzene rings is 1. The molecule has 21 heavy (non-hydrogen) atoms. The van der Waals surface area contributed by atoms with E-state index in [2.05, 4.69) is 19.1 Å². The minimum absolute atomic E-state index is 0.000926. The van der Waals surface area contributed by atoms with E-state index in [1.807, 2.05) is 19.1 Å². The monoisotopic (exact) mass is 286 g/mol. The van der Waals surface area contributed by atoms with E-state index in [0.29, 0.717) is 25.9 Å².